The third-order valence-electron chi connectivity index (χ3n) is 7.99. The van der Waals surface area contributed by atoms with Crippen LogP contribution >= 0.6 is 0 Å². The molecule has 0 bridgehead atoms. The molecule has 1 fully saturated rings. The smallest absolute Gasteiger partial charge is 0.279 e. The summed E-state index contributed by atoms with van der Waals surface area (Å²) in [5.41, 5.74) is 2.23. The number of fused-ring (bicyclic) bond motifs is 1. The van der Waals surface area contributed by atoms with Crippen molar-refractivity contribution >= 4 is 34.7 Å². The fraction of sp³-hybridized carbons (Fsp3) is 0.273. The monoisotopic (exact) mass is 621 g/mol. The van der Waals surface area contributed by atoms with E-state index >= 15 is 0 Å². The van der Waals surface area contributed by atoms with Crippen LogP contribution in [0.2, 0.25) is 0 Å². The fourth-order valence-corrected chi connectivity index (χ4v) is 5.51. The summed E-state index contributed by atoms with van der Waals surface area (Å²) in [7, 11) is 5.28. The van der Waals surface area contributed by atoms with E-state index in [-0.39, 0.29) is 22.8 Å². The molecule has 2 amide bonds. The zero-order chi connectivity index (χ0) is 32.2. The topological polar surface area (TPSA) is 139 Å². The van der Waals surface area contributed by atoms with Crippen LogP contribution in [0.1, 0.15) is 35.3 Å². The summed E-state index contributed by atoms with van der Waals surface area (Å²) >= 11 is 0. The van der Waals surface area contributed by atoms with Gasteiger partial charge in [0.1, 0.15) is 23.3 Å². The Morgan fingerprint density at radius 2 is 1.89 bits per heavy atom. The first kappa shape index (κ1) is 30.3. The van der Waals surface area contributed by atoms with Gasteiger partial charge in [-0.1, -0.05) is 18.2 Å². The van der Waals surface area contributed by atoms with Crippen molar-refractivity contribution in [2.24, 2.45) is 0 Å². The average molecular weight is 622 g/mol. The predicted molar refractivity (Wildman–Crippen MR) is 174 cm³/mol. The summed E-state index contributed by atoms with van der Waals surface area (Å²) < 4.78 is 8.18. The number of nitrogens with zero attached hydrogens (tertiary/aromatic N) is 7. The Morgan fingerprint density at radius 1 is 1.07 bits per heavy atom. The van der Waals surface area contributed by atoms with E-state index in [2.05, 4.69) is 20.6 Å². The predicted octanol–water partition coefficient (Wildman–Crippen LogP) is 3.40. The van der Waals surface area contributed by atoms with Gasteiger partial charge >= 0.3 is 0 Å². The van der Waals surface area contributed by atoms with Crippen molar-refractivity contribution in [3.8, 4) is 11.6 Å². The Bertz CT molecular complexity index is 1920. The van der Waals surface area contributed by atoms with Crippen LogP contribution in [-0.4, -0.2) is 74.7 Å². The molecule has 236 valence electrons. The van der Waals surface area contributed by atoms with E-state index < -0.39 is 11.9 Å². The number of pyridine rings is 2. The molecular weight excluding hydrogens is 586 g/mol. The van der Waals surface area contributed by atoms with Gasteiger partial charge in [-0.15, -0.1) is 5.10 Å². The number of hydrogen-bond donors (Lipinski definition) is 2. The first-order chi connectivity index (χ1) is 22.3. The summed E-state index contributed by atoms with van der Waals surface area (Å²) in [6.07, 6.45) is 6.98. The van der Waals surface area contributed by atoms with E-state index in [0.29, 0.717) is 42.5 Å². The number of likely N-dealkylation sites (tertiary alicyclic amines) is 1. The molecular formula is C33H35N9O4. The number of methoxy groups -OCH3 is 1. The Morgan fingerprint density at radius 3 is 2.65 bits per heavy atom. The highest BCUT2D eigenvalue weighted by molar-refractivity contribution is 5.97. The lowest BCUT2D eigenvalue weighted by Crippen LogP contribution is -2.46. The lowest BCUT2D eigenvalue weighted by molar-refractivity contribution is -0.131. The van der Waals surface area contributed by atoms with E-state index in [4.69, 9.17) is 9.84 Å². The van der Waals surface area contributed by atoms with Gasteiger partial charge < -0.3 is 25.2 Å². The third kappa shape index (κ3) is 6.25. The summed E-state index contributed by atoms with van der Waals surface area (Å²) in [5, 5.41) is 10.7. The molecule has 0 unspecified atom stereocenters. The van der Waals surface area contributed by atoms with Crippen molar-refractivity contribution in [2.75, 3.05) is 38.0 Å². The molecule has 46 heavy (non-hydrogen) atoms. The van der Waals surface area contributed by atoms with Crippen LogP contribution in [0.4, 0.5) is 17.2 Å². The molecule has 0 radical (unpaired) electrons. The number of benzene rings is 1. The van der Waals surface area contributed by atoms with Gasteiger partial charge in [0, 0.05) is 45.6 Å². The number of aromatic nitrogens is 5. The number of imidazole rings is 1. The van der Waals surface area contributed by atoms with E-state index in [1.165, 1.54) is 15.3 Å². The number of anilines is 3. The number of nitrogens with one attached hydrogen (secondary N) is 2. The number of likely N-dealkylation sites (N-methyl/N-ethyl adjacent to an activating group) is 1. The van der Waals surface area contributed by atoms with Gasteiger partial charge in [0.2, 0.25) is 5.91 Å². The van der Waals surface area contributed by atoms with E-state index in [1.54, 1.807) is 61.8 Å². The number of rotatable bonds is 9. The second-order valence-corrected chi connectivity index (χ2v) is 11.2. The van der Waals surface area contributed by atoms with E-state index in [0.717, 1.165) is 24.2 Å². The largest absolute Gasteiger partial charge is 0.497 e. The lowest BCUT2D eigenvalue weighted by Gasteiger charge is -2.22. The van der Waals surface area contributed by atoms with Gasteiger partial charge in [-0.2, -0.15) is 0 Å². The number of carbonyl (C=O) groups is 2. The first-order valence-electron chi connectivity index (χ1n) is 15.0. The van der Waals surface area contributed by atoms with Crippen LogP contribution in [0.5, 0.6) is 5.75 Å². The van der Waals surface area contributed by atoms with E-state index in [9.17, 15) is 14.4 Å². The maximum absolute atomic E-state index is 13.6. The van der Waals surface area contributed by atoms with Crippen molar-refractivity contribution in [1.29, 1.82) is 0 Å². The first-order valence-corrected chi connectivity index (χ1v) is 15.0. The number of amides is 2. The SMILES string of the molecule is COc1ccc(CN(C)c2cc(Nc3cccn(-c4ccccn4)c3=O)nn3c(C(=O)N[C@@H]4CCCCN(C)C4=O)cnc23)cc1. The standard InChI is InChI=1S/C33H35N9O4/c1-39-17-7-5-9-24(32(39)44)37-31(43)27-20-35-30-26(40(2)21-22-12-14-23(46-3)15-13-22)19-28(38-42(27)30)36-25-10-8-18-41(33(25)45)29-11-4-6-16-34-29/h4,6,8,10-16,18-20,24H,5,7,9,17,21H2,1-3H3,(H,36,38)(H,37,43)/t24-/m1/s1. The summed E-state index contributed by atoms with van der Waals surface area (Å²) in [4.78, 5) is 52.5. The van der Waals surface area contributed by atoms with Gasteiger partial charge in [-0.25, -0.2) is 14.5 Å². The fourth-order valence-electron chi connectivity index (χ4n) is 5.51. The van der Waals surface area contributed by atoms with Gasteiger partial charge in [-0.3, -0.25) is 19.0 Å². The summed E-state index contributed by atoms with van der Waals surface area (Å²) in [6, 6.07) is 17.6. The quantitative estimate of drug-likeness (QED) is 0.254. The second-order valence-electron chi connectivity index (χ2n) is 11.2. The van der Waals surface area contributed by atoms with Gasteiger partial charge in [0.15, 0.2) is 17.2 Å². The second kappa shape index (κ2) is 13.1. The Labute approximate surface area is 265 Å². The van der Waals surface area contributed by atoms with Gasteiger partial charge in [-0.05, 0) is 61.2 Å². The van der Waals surface area contributed by atoms with Crippen molar-refractivity contribution in [3.63, 3.8) is 0 Å². The summed E-state index contributed by atoms with van der Waals surface area (Å²) in [6.45, 7) is 1.17. The minimum Gasteiger partial charge on any atom is -0.497 e. The summed E-state index contributed by atoms with van der Waals surface area (Å²) in [5.74, 6) is 0.963. The maximum atomic E-state index is 13.6. The van der Waals surface area contributed by atoms with Crippen LogP contribution in [-0.2, 0) is 11.3 Å². The van der Waals surface area contributed by atoms with Crippen molar-refractivity contribution in [3.05, 3.63) is 101 Å². The highest BCUT2D eigenvalue weighted by Crippen LogP contribution is 2.27. The van der Waals surface area contributed by atoms with Gasteiger partial charge in [0.05, 0.1) is 19.0 Å². The molecule has 13 heteroatoms. The molecule has 4 aromatic heterocycles. The molecule has 6 rings (SSSR count). The molecule has 1 atom stereocenters. The normalized spacial score (nSPS) is 15.0. The lowest BCUT2D eigenvalue weighted by atomic mass is 10.1. The number of carbonyl (C=O) groups excluding carboxylic acids is 2. The van der Waals surface area contributed by atoms with E-state index in [1.807, 2.05) is 42.3 Å². The molecule has 1 aliphatic rings. The Balaban J connectivity index is 1.38. The number of hydrogen-bond acceptors (Lipinski definition) is 9. The molecule has 1 aromatic carbocycles. The van der Waals surface area contributed by atoms with Crippen LogP contribution in [0.15, 0.2) is 84.0 Å². The zero-order valence-electron chi connectivity index (χ0n) is 25.9. The highest BCUT2D eigenvalue weighted by Gasteiger charge is 2.28. The molecule has 13 nitrogen and oxygen atoms in total. The third-order valence-corrected chi connectivity index (χ3v) is 7.99. The molecule has 5 heterocycles. The minimum atomic E-state index is -0.640. The Kier molecular flexibility index (Phi) is 8.63. The molecule has 5 aromatic rings. The zero-order valence-corrected chi connectivity index (χ0v) is 25.9. The molecule has 2 N–H and O–H groups in total. The van der Waals surface area contributed by atoms with Crippen LogP contribution in [0.25, 0.3) is 11.5 Å². The molecule has 1 saturated heterocycles. The molecule has 0 saturated carbocycles. The number of ether oxygens (including phenoxy) is 1. The molecule has 0 spiro atoms. The van der Waals surface area contributed by atoms with Crippen molar-refractivity contribution < 1.29 is 14.3 Å². The highest BCUT2D eigenvalue weighted by atomic mass is 16.5. The average Bonchev–Trinajstić information content (AvgIpc) is 3.44. The molecule has 0 aliphatic carbocycles. The minimum absolute atomic E-state index is 0.122. The van der Waals surface area contributed by atoms with Crippen LogP contribution in [0, 0.1) is 0 Å². The van der Waals surface area contributed by atoms with Crippen LogP contribution < -0.4 is 25.8 Å². The van der Waals surface area contributed by atoms with Crippen molar-refractivity contribution in [2.45, 2.75) is 31.8 Å². The van der Waals surface area contributed by atoms with Crippen LogP contribution in [0.3, 0.4) is 0 Å². The maximum Gasteiger partial charge on any atom is 0.279 e. The molecule has 1 aliphatic heterocycles. The van der Waals surface area contributed by atoms with Gasteiger partial charge in [0.25, 0.3) is 11.5 Å². The Hall–Kier alpha value is -5.72. The van der Waals surface area contributed by atoms with Crippen molar-refractivity contribution in [1.82, 2.24) is 34.4 Å².